The molecule has 2 aromatic rings. The van der Waals surface area contributed by atoms with Gasteiger partial charge in [0.05, 0.1) is 24.9 Å². The van der Waals surface area contributed by atoms with Crippen LogP contribution in [0.5, 0.6) is 5.75 Å². The maximum atomic E-state index is 12.6. The number of carbonyl (C=O) groups is 2. The molecule has 118 valence electrons. The zero-order valence-electron chi connectivity index (χ0n) is 12.5. The van der Waals surface area contributed by atoms with E-state index in [0.29, 0.717) is 17.1 Å². The van der Waals surface area contributed by atoms with Crippen LogP contribution in [0.2, 0.25) is 0 Å². The summed E-state index contributed by atoms with van der Waals surface area (Å²) in [5.74, 6) is -0.163. The van der Waals surface area contributed by atoms with Crippen molar-refractivity contribution in [1.82, 2.24) is 0 Å². The fraction of sp³-hybridized carbons (Fsp3) is 0.176. The van der Waals surface area contributed by atoms with Crippen LogP contribution in [0.4, 0.5) is 11.4 Å². The molecule has 1 fully saturated rings. The van der Waals surface area contributed by atoms with Gasteiger partial charge in [0.15, 0.2) is 0 Å². The van der Waals surface area contributed by atoms with E-state index in [1.54, 1.807) is 55.6 Å². The van der Waals surface area contributed by atoms with Crippen molar-refractivity contribution in [3.05, 3.63) is 54.6 Å². The minimum Gasteiger partial charge on any atom is -0.497 e. The number of methoxy groups -OCH3 is 1. The molecule has 1 aliphatic rings. The van der Waals surface area contributed by atoms with Gasteiger partial charge in [-0.1, -0.05) is 18.2 Å². The molecule has 1 saturated heterocycles. The zero-order valence-corrected chi connectivity index (χ0v) is 12.5. The lowest BCUT2D eigenvalue weighted by molar-refractivity contribution is -0.121. The molecule has 0 spiro atoms. The maximum Gasteiger partial charge on any atom is 0.259 e. The lowest BCUT2D eigenvalue weighted by atomic mass is 10.2. The molecule has 1 N–H and O–H groups in total. The van der Waals surface area contributed by atoms with Crippen molar-refractivity contribution in [2.75, 3.05) is 17.1 Å². The Balaban J connectivity index is 1.84. The van der Waals surface area contributed by atoms with Gasteiger partial charge < -0.3 is 4.74 Å². The number of carbonyl (C=O) groups excluding carboxylic acids is 2. The van der Waals surface area contributed by atoms with Gasteiger partial charge in [-0.05, 0) is 36.4 Å². The molecule has 0 radical (unpaired) electrons. The lowest BCUT2D eigenvalue weighted by Crippen LogP contribution is -2.40. The molecule has 6 heteroatoms. The van der Waals surface area contributed by atoms with Crippen molar-refractivity contribution in [1.29, 1.82) is 0 Å². The van der Waals surface area contributed by atoms with Crippen LogP contribution in [0.3, 0.4) is 0 Å². The third-order valence-electron chi connectivity index (χ3n) is 3.77. The fourth-order valence-electron chi connectivity index (χ4n) is 2.57. The minimum atomic E-state index is -0.924. The molecule has 2 aromatic carbocycles. The van der Waals surface area contributed by atoms with Gasteiger partial charge in [0.2, 0.25) is 5.91 Å². The molecule has 0 bridgehead atoms. The highest BCUT2D eigenvalue weighted by atomic mass is 16.5. The summed E-state index contributed by atoms with van der Waals surface area (Å²) in [4.78, 5) is 25.9. The van der Waals surface area contributed by atoms with E-state index in [4.69, 9.17) is 4.74 Å². The summed E-state index contributed by atoms with van der Waals surface area (Å²) in [6.07, 6.45) is -0.0732. The second-order valence-electron chi connectivity index (χ2n) is 5.17. The number of para-hydroxylation sites is 1. The molecule has 23 heavy (non-hydrogen) atoms. The molecule has 0 saturated carbocycles. The highest BCUT2D eigenvalue weighted by Crippen LogP contribution is 2.28. The second-order valence-corrected chi connectivity index (χ2v) is 5.17. The summed E-state index contributed by atoms with van der Waals surface area (Å²) < 4.78 is 5.07. The van der Waals surface area contributed by atoms with E-state index in [9.17, 15) is 14.8 Å². The number of hydrogen-bond acceptors (Lipinski definition) is 5. The Morgan fingerprint density at radius 2 is 1.74 bits per heavy atom. The number of benzene rings is 2. The standard InChI is InChI=1S/C17H16N2O4/c1-23-14-9-7-12(8-10-14)18-16(20)11-15(17(18)21)19(22)13-5-3-2-4-6-13/h2-10,15,22H,11H2,1H3/t15-/m0/s1. The Labute approximate surface area is 133 Å². The predicted molar refractivity (Wildman–Crippen MR) is 84.6 cm³/mol. The fourth-order valence-corrected chi connectivity index (χ4v) is 2.57. The molecular weight excluding hydrogens is 296 g/mol. The summed E-state index contributed by atoms with van der Waals surface area (Å²) in [6.45, 7) is 0. The third-order valence-corrected chi connectivity index (χ3v) is 3.77. The topological polar surface area (TPSA) is 70.1 Å². The van der Waals surface area contributed by atoms with E-state index in [1.807, 2.05) is 6.07 Å². The molecule has 0 unspecified atom stereocenters. The van der Waals surface area contributed by atoms with Crippen molar-refractivity contribution < 1.29 is 19.5 Å². The minimum absolute atomic E-state index is 0.0732. The van der Waals surface area contributed by atoms with E-state index in [0.717, 1.165) is 9.96 Å². The maximum absolute atomic E-state index is 12.6. The third kappa shape index (κ3) is 2.76. The van der Waals surface area contributed by atoms with E-state index in [-0.39, 0.29) is 12.3 Å². The van der Waals surface area contributed by atoms with Gasteiger partial charge in [0.1, 0.15) is 11.8 Å². The van der Waals surface area contributed by atoms with Crippen LogP contribution in [-0.4, -0.2) is 30.2 Å². The predicted octanol–water partition coefficient (Wildman–Crippen LogP) is 2.22. The first-order valence-electron chi connectivity index (χ1n) is 7.16. The molecular formula is C17H16N2O4. The number of nitrogens with zero attached hydrogens (tertiary/aromatic N) is 2. The number of imide groups is 1. The molecule has 2 amide bonds. The normalized spacial score (nSPS) is 17.5. The highest BCUT2D eigenvalue weighted by molar-refractivity contribution is 6.23. The molecule has 0 aliphatic carbocycles. The summed E-state index contributed by atoms with van der Waals surface area (Å²) in [6, 6.07) is 14.4. The number of anilines is 2. The molecule has 1 atom stereocenters. The van der Waals surface area contributed by atoms with Crippen LogP contribution in [0.25, 0.3) is 0 Å². The van der Waals surface area contributed by atoms with Crippen LogP contribution >= 0.6 is 0 Å². The van der Waals surface area contributed by atoms with Crippen molar-refractivity contribution >= 4 is 23.2 Å². The van der Waals surface area contributed by atoms with Gasteiger partial charge >= 0.3 is 0 Å². The molecule has 3 rings (SSSR count). The van der Waals surface area contributed by atoms with Crippen molar-refractivity contribution in [3.8, 4) is 5.75 Å². The molecule has 1 heterocycles. The average molecular weight is 312 g/mol. The Morgan fingerprint density at radius 1 is 1.09 bits per heavy atom. The second kappa shape index (κ2) is 6.10. The van der Waals surface area contributed by atoms with Gasteiger partial charge in [-0.15, -0.1) is 0 Å². The van der Waals surface area contributed by atoms with Crippen LogP contribution in [0.1, 0.15) is 6.42 Å². The molecule has 0 aromatic heterocycles. The smallest absolute Gasteiger partial charge is 0.259 e. The van der Waals surface area contributed by atoms with Gasteiger partial charge in [0.25, 0.3) is 5.91 Å². The molecule has 6 nitrogen and oxygen atoms in total. The van der Waals surface area contributed by atoms with Crippen LogP contribution < -0.4 is 14.7 Å². The first-order chi connectivity index (χ1) is 11.1. The van der Waals surface area contributed by atoms with E-state index >= 15 is 0 Å². The highest BCUT2D eigenvalue weighted by Gasteiger charge is 2.43. The van der Waals surface area contributed by atoms with Crippen molar-refractivity contribution in [2.24, 2.45) is 0 Å². The SMILES string of the molecule is COc1ccc(N2C(=O)C[C@H](N(O)c3ccccc3)C2=O)cc1. The Bertz CT molecular complexity index is 715. The average Bonchev–Trinajstić information content (AvgIpc) is 2.89. The van der Waals surface area contributed by atoms with E-state index < -0.39 is 11.9 Å². The number of hydroxylamine groups is 1. The number of rotatable bonds is 4. The Kier molecular flexibility index (Phi) is 3.99. The quantitative estimate of drug-likeness (QED) is 0.692. The van der Waals surface area contributed by atoms with Gasteiger partial charge in [0, 0.05) is 0 Å². The van der Waals surface area contributed by atoms with E-state index in [2.05, 4.69) is 0 Å². The largest absolute Gasteiger partial charge is 0.497 e. The Morgan fingerprint density at radius 3 is 2.35 bits per heavy atom. The number of ether oxygens (including phenoxy) is 1. The van der Waals surface area contributed by atoms with E-state index in [1.165, 1.54) is 0 Å². The Hall–Kier alpha value is -2.86. The van der Waals surface area contributed by atoms with Gasteiger partial charge in [-0.2, -0.15) is 0 Å². The van der Waals surface area contributed by atoms with Crippen LogP contribution in [0.15, 0.2) is 54.6 Å². The van der Waals surface area contributed by atoms with Crippen molar-refractivity contribution in [3.63, 3.8) is 0 Å². The zero-order chi connectivity index (χ0) is 16.4. The van der Waals surface area contributed by atoms with Crippen molar-refractivity contribution in [2.45, 2.75) is 12.5 Å². The van der Waals surface area contributed by atoms with Gasteiger partial charge in [-0.25, -0.2) is 9.96 Å². The molecule has 1 aliphatic heterocycles. The number of hydrogen-bond donors (Lipinski definition) is 1. The van der Waals surface area contributed by atoms with Gasteiger partial charge in [-0.3, -0.25) is 14.8 Å². The number of amides is 2. The first kappa shape index (κ1) is 15.1. The monoisotopic (exact) mass is 312 g/mol. The van der Waals surface area contributed by atoms with Crippen LogP contribution in [-0.2, 0) is 9.59 Å². The van der Waals surface area contributed by atoms with Crippen LogP contribution in [0, 0.1) is 0 Å². The lowest BCUT2D eigenvalue weighted by Gasteiger charge is -2.22. The summed E-state index contributed by atoms with van der Waals surface area (Å²) in [7, 11) is 1.54. The summed E-state index contributed by atoms with van der Waals surface area (Å²) in [5, 5.41) is 11.1. The first-order valence-corrected chi connectivity index (χ1v) is 7.16. The summed E-state index contributed by atoms with van der Waals surface area (Å²) >= 11 is 0. The summed E-state index contributed by atoms with van der Waals surface area (Å²) in [5.41, 5.74) is 0.931.